The summed E-state index contributed by atoms with van der Waals surface area (Å²) in [4.78, 5) is 38.9. The molecule has 3 aromatic carbocycles. The molecule has 32 heavy (non-hydrogen) atoms. The molecule has 0 atom stereocenters. The molecule has 0 spiro atoms. The monoisotopic (exact) mass is 428 g/mol. The molecule has 0 bridgehead atoms. The van der Waals surface area contributed by atoms with Crippen LogP contribution < -0.4 is 10.7 Å². The number of pyridine rings is 1. The summed E-state index contributed by atoms with van der Waals surface area (Å²) in [5.74, 6) is -1.16. The van der Waals surface area contributed by atoms with Crippen molar-refractivity contribution in [1.82, 2.24) is 4.57 Å². The number of halogens is 1. The number of carbonyl (C=O) groups excluding carboxylic acids is 2. The Morgan fingerprint density at radius 3 is 2.25 bits per heavy atom. The SMILES string of the molecule is Cc1ccc(C(=O)c2cn(CC(=O)Nc3ccc(F)cc3)c3ccc(C)cc3c2=O)cc1. The van der Waals surface area contributed by atoms with Crippen molar-refractivity contribution in [3.63, 3.8) is 0 Å². The quantitative estimate of drug-likeness (QED) is 0.472. The summed E-state index contributed by atoms with van der Waals surface area (Å²) in [6, 6.07) is 17.8. The zero-order chi connectivity index (χ0) is 22.8. The third-order valence-corrected chi connectivity index (χ3v) is 5.24. The fraction of sp³-hybridized carbons (Fsp3) is 0.115. The van der Waals surface area contributed by atoms with Crippen molar-refractivity contribution in [1.29, 1.82) is 0 Å². The summed E-state index contributed by atoms with van der Waals surface area (Å²) in [6.07, 6.45) is 1.44. The van der Waals surface area contributed by atoms with Crippen molar-refractivity contribution in [2.24, 2.45) is 0 Å². The van der Waals surface area contributed by atoms with Crippen LogP contribution in [0, 0.1) is 19.7 Å². The van der Waals surface area contributed by atoms with Crippen molar-refractivity contribution in [3.05, 3.63) is 111 Å². The second-order valence-electron chi connectivity index (χ2n) is 7.77. The molecule has 0 radical (unpaired) electrons. The van der Waals surface area contributed by atoms with E-state index in [0.29, 0.717) is 22.2 Å². The van der Waals surface area contributed by atoms with Crippen molar-refractivity contribution in [2.45, 2.75) is 20.4 Å². The second kappa shape index (κ2) is 8.59. The van der Waals surface area contributed by atoms with E-state index >= 15 is 0 Å². The van der Waals surface area contributed by atoms with Crippen LogP contribution in [0.1, 0.15) is 27.0 Å². The molecule has 1 aromatic heterocycles. The van der Waals surface area contributed by atoms with Gasteiger partial charge in [0.1, 0.15) is 12.4 Å². The minimum Gasteiger partial charge on any atom is -0.337 e. The van der Waals surface area contributed by atoms with Gasteiger partial charge in [0.25, 0.3) is 0 Å². The summed E-state index contributed by atoms with van der Waals surface area (Å²) in [5.41, 5.74) is 2.92. The number of rotatable bonds is 5. The highest BCUT2D eigenvalue weighted by Gasteiger charge is 2.18. The smallest absolute Gasteiger partial charge is 0.244 e. The van der Waals surface area contributed by atoms with Gasteiger partial charge in [-0.05, 0) is 50.2 Å². The van der Waals surface area contributed by atoms with E-state index in [0.717, 1.165) is 11.1 Å². The second-order valence-corrected chi connectivity index (χ2v) is 7.77. The fourth-order valence-electron chi connectivity index (χ4n) is 3.55. The van der Waals surface area contributed by atoms with E-state index < -0.39 is 11.6 Å². The molecule has 160 valence electrons. The van der Waals surface area contributed by atoms with Gasteiger partial charge in [-0.2, -0.15) is 0 Å². The van der Waals surface area contributed by atoms with Gasteiger partial charge in [0.2, 0.25) is 11.3 Å². The zero-order valence-corrected chi connectivity index (χ0v) is 17.7. The van der Waals surface area contributed by atoms with Crippen LogP contribution in [0.4, 0.5) is 10.1 Å². The molecule has 5 nitrogen and oxygen atoms in total. The summed E-state index contributed by atoms with van der Waals surface area (Å²) in [5, 5.41) is 3.08. The van der Waals surface area contributed by atoms with E-state index in [2.05, 4.69) is 5.32 Å². The van der Waals surface area contributed by atoms with Crippen molar-refractivity contribution in [3.8, 4) is 0 Å². The molecule has 0 saturated carbocycles. The van der Waals surface area contributed by atoms with Gasteiger partial charge in [-0.25, -0.2) is 4.39 Å². The van der Waals surface area contributed by atoms with Gasteiger partial charge in [-0.1, -0.05) is 41.5 Å². The molecule has 6 heteroatoms. The lowest BCUT2D eigenvalue weighted by Gasteiger charge is -2.14. The Morgan fingerprint density at radius 2 is 1.56 bits per heavy atom. The number of amides is 1. The van der Waals surface area contributed by atoms with Crippen LogP contribution >= 0.6 is 0 Å². The molecule has 1 amide bonds. The van der Waals surface area contributed by atoms with Crippen LogP contribution in [0.5, 0.6) is 0 Å². The number of aromatic nitrogens is 1. The normalized spacial score (nSPS) is 10.8. The Balaban J connectivity index is 1.75. The lowest BCUT2D eigenvalue weighted by atomic mass is 10.0. The minimum atomic E-state index is -0.399. The number of benzene rings is 3. The van der Waals surface area contributed by atoms with Gasteiger partial charge >= 0.3 is 0 Å². The van der Waals surface area contributed by atoms with Crippen LogP contribution in [0.3, 0.4) is 0 Å². The molecular weight excluding hydrogens is 407 g/mol. The van der Waals surface area contributed by atoms with E-state index in [4.69, 9.17) is 0 Å². The molecule has 1 heterocycles. The highest BCUT2D eigenvalue weighted by molar-refractivity contribution is 6.10. The number of hydrogen-bond acceptors (Lipinski definition) is 3. The van der Waals surface area contributed by atoms with E-state index in [9.17, 15) is 18.8 Å². The van der Waals surface area contributed by atoms with Gasteiger partial charge in [0.05, 0.1) is 11.1 Å². The zero-order valence-electron chi connectivity index (χ0n) is 17.7. The predicted molar refractivity (Wildman–Crippen MR) is 123 cm³/mol. The average Bonchev–Trinajstić information content (AvgIpc) is 2.77. The molecule has 0 unspecified atom stereocenters. The van der Waals surface area contributed by atoms with Crippen LogP contribution in [0.25, 0.3) is 10.9 Å². The lowest BCUT2D eigenvalue weighted by molar-refractivity contribution is -0.116. The first-order valence-corrected chi connectivity index (χ1v) is 10.1. The maximum Gasteiger partial charge on any atom is 0.244 e. The first-order valence-electron chi connectivity index (χ1n) is 10.1. The maximum absolute atomic E-state index is 13.2. The Morgan fingerprint density at radius 1 is 0.906 bits per heavy atom. The Labute approximate surface area is 184 Å². The van der Waals surface area contributed by atoms with Crippen LogP contribution in [0.2, 0.25) is 0 Å². The Kier molecular flexibility index (Phi) is 5.69. The molecule has 0 aliphatic heterocycles. The molecule has 0 fully saturated rings. The molecule has 0 saturated heterocycles. The number of carbonyl (C=O) groups is 2. The molecular formula is C26H21FN2O3. The summed E-state index contributed by atoms with van der Waals surface area (Å²) >= 11 is 0. The predicted octanol–water partition coefficient (Wildman–Crippen LogP) is 4.63. The number of fused-ring (bicyclic) bond motifs is 1. The Hall–Kier alpha value is -4.06. The summed E-state index contributed by atoms with van der Waals surface area (Å²) < 4.78 is 14.7. The van der Waals surface area contributed by atoms with Gasteiger partial charge in [0.15, 0.2) is 5.78 Å². The standard InChI is InChI=1S/C26H21FN2O3/c1-16-3-6-18(7-4-16)25(31)22-14-29(23-12-5-17(2)13-21(23)26(22)32)15-24(30)28-20-10-8-19(27)9-11-20/h3-14H,15H2,1-2H3,(H,28,30). The number of nitrogens with zero attached hydrogens (tertiary/aromatic N) is 1. The first kappa shape index (κ1) is 21.2. The summed E-state index contributed by atoms with van der Waals surface area (Å²) in [6.45, 7) is 3.66. The average molecular weight is 428 g/mol. The topological polar surface area (TPSA) is 68.2 Å². The lowest BCUT2D eigenvalue weighted by Crippen LogP contribution is -2.24. The minimum absolute atomic E-state index is 0.00142. The van der Waals surface area contributed by atoms with E-state index in [1.165, 1.54) is 30.5 Å². The van der Waals surface area contributed by atoms with Gasteiger partial charge in [-0.3, -0.25) is 14.4 Å². The summed E-state index contributed by atoms with van der Waals surface area (Å²) in [7, 11) is 0. The fourth-order valence-corrected chi connectivity index (χ4v) is 3.55. The third-order valence-electron chi connectivity index (χ3n) is 5.24. The third kappa shape index (κ3) is 4.34. The number of hydrogen-bond donors (Lipinski definition) is 1. The molecule has 0 aliphatic rings. The van der Waals surface area contributed by atoms with Crippen molar-refractivity contribution in [2.75, 3.05) is 5.32 Å². The molecule has 1 N–H and O–H groups in total. The van der Waals surface area contributed by atoms with Crippen molar-refractivity contribution >= 4 is 28.3 Å². The largest absolute Gasteiger partial charge is 0.337 e. The van der Waals surface area contributed by atoms with E-state index in [1.807, 2.05) is 32.0 Å². The van der Waals surface area contributed by atoms with E-state index in [1.54, 1.807) is 28.8 Å². The molecule has 4 aromatic rings. The number of anilines is 1. The molecule has 4 rings (SSSR count). The van der Waals surface area contributed by atoms with Gasteiger partial charge < -0.3 is 9.88 Å². The maximum atomic E-state index is 13.2. The molecule has 0 aliphatic carbocycles. The van der Waals surface area contributed by atoms with Crippen LogP contribution in [-0.2, 0) is 11.3 Å². The van der Waals surface area contributed by atoms with Crippen LogP contribution in [0.15, 0.2) is 77.7 Å². The van der Waals surface area contributed by atoms with Crippen molar-refractivity contribution < 1.29 is 14.0 Å². The number of ketones is 1. The first-order chi connectivity index (χ1) is 15.3. The van der Waals surface area contributed by atoms with E-state index in [-0.39, 0.29) is 23.4 Å². The Bertz CT molecular complexity index is 1390. The van der Waals surface area contributed by atoms with Gasteiger partial charge in [-0.15, -0.1) is 0 Å². The van der Waals surface area contributed by atoms with Crippen LogP contribution in [-0.4, -0.2) is 16.3 Å². The van der Waals surface area contributed by atoms with Gasteiger partial charge in [0, 0.05) is 22.8 Å². The highest BCUT2D eigenvalue weighted by atomic mass is 19.1. The number of nitrogens with one attached hydrogen (secondary N) is 1. The number of aryl methyl sites for hydroxylation is 2. The highest BCUT2D eigenvalue weighted by Crippen LogP contribution is 2.17.